The van der Waals surface area contributed by atoms with Crippen LogP contribution in [0.2, 0.25) is 13.1 Å². The van der Waals surface area contributed by atoms with Gasteiger partial charge in [0.05, 0.1) is 8.80 Å². The third-order valence-electron chi connectivity index (χ3n) is 2.41. The Morgan fingerprint density at radius 2 is 2.18 bits per heavy atom. The molecule has 3 heteroatoms. The number of ether oxygens (including phenoxy) is 1. The van der Waals surface area contributed by atoms with Gasteiger partial charge in [-0.05, 0) is 19.3 Å². The van der Waals surface area contributed by atoms with E-state index in [9.17, 15) is 4.79 Å². The van der Waals surface area contributed by atoms with Crippen LogP contribution in [-0.2, 0) is 9.53 Å². The van der Waals surface area contributed by atoms with Gasteiger partial charge in [0.25, 0.3) is 0 Å². The lowest BCUT2D eigenvalue weighted by Gasteiger charge is -2.34. The van der Waals surface area contributed by atoms with E-state index in [-0.39, 0.29) is 0 Å². The Bertz CT molecular complexity index is 139. The molecule has 1 aliphatic rings. The van der Waals surface area contributed by atoms with Gasteiger partial charge < -0.3 is 4.74 Å². The minimum atomic E-state index is -1.03. The standard InChI is InChI=1S/C8H15O2Si/c1-11(2)8(7-9)5-3-4-6-10-8/h11H,3-6H2,1-2H3. The van der Waals surface area contributed by atoms with Crippen molar-refractivity contribution in [3.63, 3.8) is 0 Å². The molecule has 1 atom stereocenters. The second-order valence-corrected chi connectivity index (χ2v) is 6.69. The molecule has 0 aromatic rings. The van der Waals surface area contributed by atoms with Crippen molar-refractivity contribution in [1.82, 2.24) is 0 Å². The van der Waals surface area contributed by atoms with Gasteiger partial charge in [0.2, 0.25) is 6.29 Å². The minimum absolute atomic E-state index is 0.446. The summed E-state index contributed by atoms with van der Waals surface area (Å²) < 4.78 is 5.51. The summed E-state index contributed by atoms with van der Waals surface area (Å²) in [5.41, 5.74) is 0. The van der Waals surface area contributed by atoms with Crippen molar-refractivity contribution >= 4 is 15.1 Å². The lowest BCUT2D eigenvalue weighted by Crippen LogP contribution is -2.48. The highest BCUT2D eigenvalue weighted by molar-refractivity contribution is 6.62. The van der Waals surface area contributed by atoms with Gasteiger partial charge in [0.15, 0.2) is 0 Å². The van der Waals surface area contributed by atoms with Crippen LogP contribution in [-0.4, -0.2) is 26.9 Å². The molecule has 0 aromatic carbocycles. The zero-order valence-electron chi connectivity index (χ0n) is 7.22. The van der Waals surface area contributed by atoms with E-state index in [2.05, 4.69) is 19.4 Å². The maximum absolute atomic E-state index is 10.7. The van der Waals surface area contributed by atoms with Crippen LogP contribution in [0.4, 0.5) is 0 Å². The smallest absolute Gasteiger partial charge is 0.228 e. The second-order valence-electron chi connectivity index (χ2n) is 3.45. The number of rotatable bonds is 2. The molecule has 1 saturated heterocycles. The minimum Gasteiger partial charge on any atom is -0.371 e. The molecule has 0 amide bonds. The van der Waals surface area contributed by atoms with Gasteiger partial charge in [-0.3, -0.25) is 4.79 Å². The predicted molar refractivity (Wildman–Crippen MR) is 47.1 cm³/mol. The van der Waals surface area contributed by atoms with Crippen LogP contribution in [0.25, 0.3) is 0 Å². The Morgan fingerprint density at radius 1 is 1.45 bits per heavy atom. The molecule has 1 heterocycles. The van der Waals surface area contributed by atoms with E-state index < -0.39 is 14.0 Å². The normalized spacial score (nSPS) is 32.3. The molecule has 0 spiro atoms. The van der Waals surface area contributed by atoms with Crippen LogP contribution in [0.1, 0.15) is 19.3 Å². The fourth-order valence-corrected chi connectivity index (χ4v) is 2.94. The first-order chi connectivity index (χ1) is 5.21. The number of hydrogen-bond donors (Lipinski definition) is 0. The Labute approximate surface area is 69.5 Å². The van der Waals surface area contributed by atoms with Crippen molar-refractivity contribution in [2.45, 2.75) is 37.6 Å². The van der Waals surface area contributed by atoms with Crippen LogP contribution in [0, 0.1) is 0 Å². The van der Waals surface area contributed by atoms with Gasteiger partial charge in [-0.2, -0.15) is 0 Å². The molecule has 0 saturated carbocycles. The fraction of sp³-hybridized carbons (Fsp3) is 0.875. The first kappa shape index (κ1) is 8.94. The lowest BCUT2D eigenvalue weighted by molar-refractivity contribution is 0.0223. The van der Waals surface area contributed by atoms with Crippen LogP contribution in [0.3, 0.4) is 0 Å². The Kier molecular flexibility index (Phi) is 2.84. The van der Waals surface area contributed by atoms with Crippen LogP contribution in [0.15, 0.2) is 0 Å². The maximum Gasteiger partial charge on any atom is 0.228 e. The van der Waals surface area contributed by atoms with Crippen molar-refractivity contribution in [3.8, 4) is 0 Å². The van der Waals surface area contributed by atoms with Crippen LogP contribution in [0.5, 0.6) is 0 Å². The molecule has 0 bridgehead atoms. The highest BCUT2D eigenvalue weighted by Gasteiger charge is 2.37. The SMILES string of the molecule is C[SiH](C)C1([C]=O)CCCCO1. The van der Waals surface area contributed by atoms with Crippen molar-refractivity contribution < 1.29 is 9.53 Å². The molecule has 1 rings (SSSR count). The van der Waals surface area contributed by atoms with Crippen LogP contribution < -0.4 is 0 Å². The van der Waals surface area contributed by atoms with Gasteiger partial charge in [-0.1, -0.05) is 13.1 Å². The highest BCUT2D eigenvalue weighted by Crippen LogP contribution is 2.25. The first-order valence-electron chi connectivity index (χ1n) is 4.24. The van der Waals surface area contributed by atoms with Gasteiger partial charge in [0, 0.05) is 6.61 Å². The number of carbonyl (C=O) groups excluding carboxylic acids is 1. The van der Waals surface area contributed by atoms with Crippen molar-refractivity contribution in [2.75, 3.05) is 6.61 Å². The molecule has 1 aliphatic heterocycles. The maximum atomic E-state index is 10.7. The molecular formula is C8H15O2Si. The van der Waals surface area contributed by atoms with Crippen molar-refractivity contribution in [2.24, 2.45) is 0 Å². The van der Waals surface area contributed by atoms with Crippen molar-refractivity contribution in [1.29, 1.82) is 0 Å². The van der Waals surface area contributed by atoms with Crippen LogP contribution >= 0.6 is 0 Å². The summed E-state index contributed by atoms with van der Waals surface area (Å²) in [6.07, 6.45) is 5.24. The van der Waals surface area contributed by atoms with E-state index in [1.165, 1.54) is 0 Å². The third kappa shape index (κ3) is 1.71. The molecule has 0 aromatic heterocycles. The molecule has 0 aliphatic carbocycles. The third-order valence-corrected chi connectivity index (χ3v) is 4.85. The fourth-order valence-electron chi connectivity index (χ4n) is 1.47. The highest BCUT2D eigenvalue weighted by atomic mass is 28.3. The summed E-state index contributed by atoms with van der Waals surface area (Å²) in [6, 6.07) is 0. The summed E-state index contributed by atoms with van der Waals surface area (Å²) in [7, 11) is -1.03. The zero-order chi connectivity index (χ0) is 8.32. The zero-order valence-corrected chi connectivity index (χ0v) is 8.38. The molecule has 11 heavy (non-hydrogen) atoms. The summed E-state index contributed by atoms with van der Waals surface area (Å²) >= 11 is 0. The molecule has 1 unspecified atom stereocenters. The van der Waals surface area contributed by atoms with Gasteiger partial charge >= 0.3 is 0 Å². The average Bonchev–Trinajstić information content (AvgIpc) is 2.05. The molecular weight excluding hydrogens is 156 g/mol. The molecule has 2 nitrogen and oxygen atoms in total. The van der Waals surface area contributed by atoms with E-state index in [1.54, 1.807) is 0 Å². The lowest BCUT2D eigenvalue weighted by atomic mass is 10.1. The molecule has 63 valence electrons. The van der Waals surface area contributed by atoms with E-state index in [0.29, 0.717) is 0 Å². The summed E-state index contributed by atoms with van der Waals surface area (Å²) in [5.74, 6) is 0. The number of hydrogen-bond acceptors (Lipinski definition) is 2. The van der Waals surface area contributed by atoms with Crippen molar-refractivity contribution in [3.05, 3.63) is 0 Å². The average molecular weight is 171 g/mol. The summed E-state index contributed by atoms with van der Waals surface area (Å²) in [4.78, 5) is 10.7. The van der Waals surface area contributed by atoms with Gasteiger partial charge in [-0.25, -0.2) is 0 Å². The Balaban J connectivity index is 2.64. The quantitative estimate of drug-likeness (QED) is 0.581. The molecule has 1 radical (unpaired) electrons. The summed E-state index contributed by atoms with van der Waals surface area (Å²) in [5, 5.41) is -0.446. The largest absolute Gasteiger partial charge is 0.371 e. The monoisotopic (exact) mass is 171 g/mol. The van der Waals surface area contributed by atoms with Gasteiger partial charge in [-0.15, -0.1) is 0 Å². The summed E-state index contributed by atoms with van der Waals surface area (Å²) in [6.45, 7) is 5.05. The Morgan fingerprint density at radius 3 is 2.45 bits per heavy atom. The van der Waals surface area contributed by atoms with E-state index >= 15 is 0 Å². The van der Waals surface area contributed by atoms with E-state index in [4.69, 9.17) is 4.74 Å². The topological polar surface area (TPSA) is 26.3 Å². The predicted octanol–water partition coefficient (Wildman–Crippen LogP) is 1.06. The first-order valence-corrected chi connectivity index (χ1v) is 7.13. The molecule has 0 N–H and O–H groups in total. The Hall–Kier alpha value is -0.153. The van der Waals surface area contributed by atoms with E-state index in [1.807, 2.05) is 0 Å². The molecule has 1 fully saturated rings. The second kappa shape index (κ2) is 3.50. The van der Waals surface area contributed by atoms with Gasteiger partial charge in [0.1, 0.15) is 5.22 Å². The van der Waals surface area contributed by atoms with E-state index in [0.717, 1.165) is 25.9 Å².